The number of carbonyl (C=O) groups is 2. The minimum Gasteiger partial charge on any atom is -0.362 e. The quantitative estimate of drug-likeness (QED) is 0.149. The molecule has 0 aliphatic carbocycles. The maximum atomic E-state index is 13.7. The summed E-state index contributed by atoms with van der Waals surface area (Å²) in [5, 5.41) is 21.9. The van der Waals surface area contributed by atoms with Gasteiger partial charge in [-0.15, -0.1) is 5.10 Å². The third-order valence-electron chi connectivity index (χ3n) is 11.5. The van der Waals surface area contributed by atoms with E-state index in [0.717, 1.165) is 77.2 Å². The number of imide groups is 1. The molecule has 2 atom stereocenters. The van der Waals surface area contributed by atoms with Gasteiger partial charge in [0.1, 0.15) is 0 Å². The Morgan fingerprint density at radius 2 is 1.70 bits per heavy atom. The number of nitrogens with one attached hydrogen (secondary N) is 2. The lowest BCUT2D eigenvalue weighted by Gasteiger charge is -2.32. The number of amides is 2. The van der Waals surface area contributed by atoms with Gasteiger partial charge in [0.25, 0.3) is 0 Å². The van der Waals surface area contributed by atoms with E-state index in [0.29, 0.717) is 35.8 Å². The van der Waals surface area contributed by atoms with Crippen LogP contribution < -0.4 is 10.6 Å². The number of hydrogen-bond donors (Lipinski definition) is 2. The number of benzene rings is 3. The van der Waals surface area contributed by atoms with Crippen molar-refractivity contribution in [2.75, 3.05) is 18.4 Å². The van der Waals surface area contributed by atoms with Crippen molar-refractivity contribution in [2.45, 2.75) is 77.1 Å². The van der Waals surface area contributed by atoms with E-state index in [1.807, 2.05) is 49.8 Å². The number of likely N-dealkylation sites (tertiary alicyclic amines) is 1. The fourth-order valence-corrected chi connectivity index (χ4v) is 8.57. The molecule has 13 heteroatoms. The summed E-state index contributed by atoms with van der Waals surface area (Å²) < 4.78 is 42.9. The number of fused-ring (bicyclic) bond motifs is 2. The average Bonchev–Trinajstić information content (AvgIpc) is 3.51. The predicted octanol–water partition coefficient (Wildman–Crippen LogP) is 8.29. The summed E-state index contributed by atoms with van der Waals surface area (Å²) in [7, 11) is 1.93. The van der Waals surface area contributed by atoms with Gasteiger partial charge in [-0.25, -0.2) is 0 Å². The summed E-state index contributed by atoms with van der Waals surface area (Å²) in [5.41, 5.74) is 6.70. The molecular formula is C43H43F3N8O2. The molecule has 3 aromatic carbocycles. The number of nitrogens with zero attached hydrogens (tertiary/aromatic N) is 6. The molecule has 10 nitrogen and oxygen atoms in total. The fraction of sp³-hybridized carbons (Fsp3) is 0.349. The third-order valence-corrected chi connectivity index (χ3v) is 11.5. The van der Waals surface area contributed by atoms with Crippen molar-refractivity contribution in [3.8, 4) is 11.3 Å². The highest BCUT2D eigenvalue weighted by molar-refractivity contribution is 6.02. The number of hydrogen-bond acceptors (Lipinski definition) is 8. The largest absolute Gasteiger partial charge is 0.416 e. The molecule has 2 fully saturated rings. The van der Waals surface area contributed by atoms with Crippen LogP contribution in [0.1, 0.15) is 89.7 Å². The summed E-state index contributed by atoms with van der Waals surface area (Å²) in [6.07, 6.45) is 0.0979. The van der Waals surface area contributed by atoms with Crippen LogP contribution in [0.5, 0.6) is 0 Å². The molecule has 56 heavy (non-hydrogen) atoms. The van der Waals surface area contributed by atoms with E-state index in [4.69, 9.17) is 10.1 Å². The van der Waals surface area contributed by atoms with Crippen molar-refractivity contribution >= 4 is 39.3 Å². The number of piperidine rings is 2. The molecule has 2 aliphatic rings. The Bertz CT molecular complexity index is 2490. The van der Waals surface area contributed by atoms with Crippen LogP contribution in [0.25, 0.3) is 32.9 Å². The summed E-state index contributed by atoms with van der Waals surface area (Å²) in [4.78, 5) is 31.7. The van der Waals surface area contributed by atoms with Crippen LogP contribution in [-0.2, 0) is 29.4 Å². The normalized spacial score (nSPS) is 17.7. The lowest BCUT2D eigenvalue weighted by Crippen LogP contribution is -2.39. The van der Waals surface area contributed by atoms with Crippen molar-refractivity contribution in [1.29, 1.82) is 0 Å². The van der Waals surface area contributed by atoms with Crippen molar-refractivity contribution < 1.29 is 22.8 Å². The smallest absolute Gasteiger partial charge is 0.362 e. The monoisotopic (exact) mass is 760 g/mol. The van der Waals surface area contributed by atoms with E-state index in [-0.39, 0.29) is 17.4 Å². The minimum absolute atomic E-state index is 0.180. The lowest BCUT2D eigenvalue weighted by atomic mass is 9.86. The lowest BCUT2D eigenvalue weighted by molar-refractivity contribution is -0.138. The van der Waals surface area contributed by atoms with Gasteiger partial charge in [-0.3, -0.25) is 29.5 Å². The van der Waals surface area contributed by atoms with Gasteiger partial charge < -0.3 is 5.32 Å². The van der Waals surface area contributed by atoms with Gasteiger partial charge in [0, 0.05) is 47.9 Å². The van der Waals surface area contributed by atoms with Crippen LogP contribution in [0.15, 0.2) is 72.9 Å². The number of para-hydroxylation sites is 1. The first-order valence-electron chi connectivity index (χ1n) is 19.0. The molecule has 2 unspecified atom stereocenters. The maximum Gasteiger partial charge on any atom is 0.416 e. The van der Waals surface area contributed by atoms with Gasteiger partial charge >= 0.3 is 6.18 Å². The number of carbonyl (C=O) groups excluding carboxylic acids is 2. The number of pyridine rings is 1. The average molecular weight is 761 g/mol. The van der Waals surface area contributed by atoms with Crippen LogP contribution in [-0.4, -0.2) is 54.8 Å². The zero-order valence-electron chi connectivity index (χ0n) is 31.7. The molecule has 0 bridgehead atoms. The van der Waals surface area contributed by atoms with Gasteiger partial charge in [-0.05, 0) is 99.5 Å². The first-order chi connectivity index (χ1) is 26.9. The van der Waals surface area contributed by atoms with E-state index >= 15 is 0 Å². The number of aryl methyl sites for hydroxylation is 2. The molecule has 3 aromatic heterocycles. The Labute approximate surface area is 322 Å². The summed E-state index contributed by atoms with van der Waals surface area (Å²) >= 11 is 0. The summed E-state index contributed by atoms with van der Waals surface area (Å²) in [5.74, 6) is -0.111. The molecule has 2 N–H and O–H groups in total. The van der Waals surface area contributed by atoms with Crippen LogP contribution >= 0.6 is 0 Å². The molecule has 0 radical (unpaired) electrons. The van der Waals surface area contributed by atoms with Crippen molar-refractivity contribution in [3.63, 3.8) is 0 Å². The van der Waals surface area contributed by atoms with Gasteiger partial charge in [-0.1, -0.05) is 48.5 Å². The van der Waals surface area contributed by atoms with E-state index in [2.05, 4.69) is 50.0 Å². The Kier molecular flexibility index (Phi) is 9.81. The van der Waals surface area contributed by atoms with Crippen molar-refractivity contribution in [1.82, 2.24) is 35.2 Å². The molecule has 2 aliphatic heterocycles. The number of rotatable bonds is 8. The van der Waals surface area contributed by atoms with Crippen LogP contribution in [0, 0.1) is 13.8 Å². The predicted molar refractivity (Wildman–Crippen MR) is 209 cm³/mol. The van der Waals surface area contributed by atoms with Gasteiger partial charge in [0.05, 0.1) is 40.1 Å². The van der Waals surface area contributed by atoms with Gasteiger partial charge in [-0.2, -0.15) is 23.4 Å². The van der Waals surface area contributed by atoms with Crippen LogP contribution in [0.3, 0.4) is 0 Å². The summed E-state index contributed by atoms with van der Waals surface area (Å²) in [6, 6.07) is 20.4. The van der Waals surface area contributed by atoms with E-state index in [1.54, 1.807) is 12.3 Å². The standard InChI is InChI=1S/C43H43F3N8O2/c1-24-30(10-7-13-36(24)43(44,45)46)25(2)48-41-34-21-37(47-22-35(34)26(3)50-51-41)29-9-5-8-27(20-29)23-54-18-16-28(17-19-54)31-11-6-12-32-39(52-53(4)40(31)32)33-14-15-38(55)49-42(33)56/h5-13,20-22,25,28,33H,14-19,23H2,1-4H3,(H,48,51)(H,49,55,56). The second-order valence-corrected chi connectivity index (χ2v) is 15.1. The van der Waals surface area contributed by atoms with Crippen LogP contribution in [0.2, 0.25) is 0 Å². The SMILES string of the molecule is Cc1c(C(C)Nc2nnc(C)c3cnc(-c4cccc(CN5CCC(c6cccc7c(C8CCC(=O)NC8=O)nn(C)c67)CC5)c4)cc23)cccc1C(F)(F)F. The van der Waals surface area contributed by atoms with E-state index in [9.17, 15) is 22.8 Å². The van der Waals surface area contributed by atoms with Crippen molar-refractivity contribution in [2.24, 2.45) is 7.05 Å². The maximum absolute atomic E-state index is 13.7. The molecule has 8 rings (SSSR count). The Morgan fingerprint density at radius 1 is 0.929 bits per heavy atom. The first-order valence-corrected chi connectivity index (χ1v) is 19.0. The number of aromatic nitrogens is 5. The first kappa shape index (κ1) is 37.2. The highest BCUT2D eigenvalue weighted by Gasteiger charge is 2.34. The third kappa shape index (κ3) is 7.11. The fourth-order valence-electron chi connectivity index (χ4n) is 8.57. The second-order valence-electron chi connectivity index (χ2n) is 15.1. The minimum atomic E-state index is -4.44. The molecule has 0 spiro atoms. The topological polar surface area (TPSA) is 118 Å². The number of halogens is 3. The van der Waals surface area contributed by atoms with Crippen molar-refractivity contribution in [3.05, 3.63) is 112 Å². The second kappa shape index (κ2) is 14.8. The number of anilines is 1. The summed E-state index contributed by atoms with van der Waals surface area (Å²) in [6.45, 7) is 7.82. The molecule has 0 saturated carbocycles. The Morgan fingerprint density at radius 3 is 2.46 bits per heavy atom. The van der Waals surface area contributed by atoms with E-state index in [1.165, 1.54) is 24.1 Å². The molecule has 288 valence electrons. The van der Waals surface area contributed by atoms with Crippen LogP contribution in [0.4, 0.5) is 19.0 Å². The molecule has 2 amide bonds. The zero-order chi connectivity index (χ0) is 39.3. The zero-order valence-corrected chi connectivity index (χ0v) is 31.7. The molecule has 2 saturated heterocycles. The Hall–Kier alpha value is -5.69. The highest BCUT2D eigenvalue weighted by atomic mass is 19.4. The molecule has 5 heterocycles. The molecular weight excluding hydrogens is 718 g/mol. The van der Waals surface area contributed by atoms with Gasteiger partial charge in [0.2, 0.25) is 11.8 Å². The molecule has 6 aromatic rings. The van der Waals surface area contributed by atoms with Gasteiger partial charge in [0.15, 0.2) is 5.82 Å². The highest BCUT2D eigenvalue weighted by Crippen LogP contribution is 2.39. The Balaban J connectivity index is 0.979. The number of alkyl halides is 3. The van der Waals surface area contributed by atoms with E-state index < -0.39 is 23.7 Å².